The van der Waals surface area contributed by atoms with E-state index in [1.807, 2.05) is 0 Å². The Hall–Kier alpha value is -0.120. The van der Waals surface area contributed by atoms with E-state index in [4.69, 9.17) is 4.52 Å². The zero-order valence-electron chi connectivity index (χ0n) is 18.5. The van der Waals surface area contributed by atoms with E-state index in [-0.39, 0.29) is 5.41 Å². The number of rotatable bonds is 16. The molecular formula is C23H46NOP. The fourth-order valence-corrected chi connectivity index (χ4v) is 3.87. The predicted molar refractivity (Wildman–Crippen MR) is 118 cm³/mol. The third-order valence-corrected chi connectivity index (χ3v) is 6.52. The molecule has 5 unspecified atom stereocenters. The summed E-state index contributed by atoms with van der Waals surface area (Å²) < 4.78 is 5.10. The maximum atomic E-state index is 9.54. The summed E-state index contributed by atoms with van der Waals surface area (Å²) in [6.07, 6.45) is 12.8. The minimum atomic E-state index is -0.259. The average molecular weight is 384 g/mol. The van der Waals surface area contributed by atoms with E-state index >= 15 is 0 Å². The number of nitriles is 1. The molecule has 0 spiro atoms. The van der Waals surface area contributed by atoms with Gasteiger partial charge in [0.1, 0.15) is 0 Å². The number of hydrogen-bond acceptors (Lipinski definition) is 2. The van der Waals surface area contributed by atoms with E-state index in [1.54, 1.807) is 0 Å². The van der Waals surface area contributed by atoms with Crippen LogP contribution < -0.4 is 0 Å². The first-order valence-electron chi connectivity index (χ1n) is 11.0. The summed E-state index contributed by atoms with van der Waals surface area (Å²) in [6.45, 7) is 14.4. The van der Waals surface area contributed by atoms with Crippen molar-refractivity contribution in [3.63, 3.8) is 0 Å². The Bertz CT molecular complexity index is 379. The first-order valence-corrected chi connectivity index (χ1v) is 11.4. The van der Waals surface area contributed by atoms with E-state index in [0.29, 0.717) is 12.5 Å². The molecule has 0 aromatic rings. The Labute approximate surface area is 167 Å². The lowest BCUT2D eigenvalue weighted by Crippen LogP contribution is -2.25. The molecule has 0 saturated carbocycles. The molecule has 0 aromatic carbocycles. The van der Waals surface area contributed by atoms with Crippen LogP contribution in [-0.2, 0) is 4.52 Å². The van der Waals surface area contributed by atoms with Crippen molar-refractivity contribution >= 4 is 9.47 Å². The third kappa shape index (κ3) is 12.3. The summed E-state index contributed by atoms with van der Waals surface area (Å²) in [6, 6.07) is 2.53. The van der Waals surface area contributed by atoms with Crippen LogP contribution in [0.1, 0.15) is 106 Å². The molecule has 0 aliphatic heterocycles. The fourth-order valence-electron chi connectivity index (χ4n) is 3.75. The average Bonchev–Trinajstić information content (AvgIpc) is 2.59. The molecule has 0 radical (unpaired) electrons. The van der Waals surface area contributed by atoms with Crippen molar-refractivity contribution in [3.8, 4) is 6.07 Å². The quantitative estimate of drug-likeness (QED) is 0.255. The Kier molecular flexibility index (Phi) is 14.8. The first kappa shape index (κ1) is 25.9. The molecule has 2 nitrogen and oxygen atoms in total. The maximum Gasteiger partial charge on any atom is 0.0690 e. The molecule has 0 bridgehead atoms. The van der Waals surface area contributed by atoms with Gasteiger partial charge in [0.2, 0.25) is 0 Å². The molecule has 3 heteroatoms. The van der Waals surface area contributed by atoms with Gasteiger partial charge in [-0.05, 0) is 43.4 Å². The highest BCUT2D eigenvalue weighted by Crippen LogP contribution is 2.34. The minimum absolute atomic E-state index is 0.259. The topological polar surface area (TPSA) is 33.0 Å². The standard InChI is InChI=1S/C23H46NOP/c1-19(2)10-7-11-20(3)12-8-13-21(4)14-9-15-22(5)23(6,18-24)16-17-25-26/h19-22H,7-17,26H2,1-6H3. The third-order valence-electron chi connectivity index (χ3n) is 6.29. The van der Waals surface area contributed by atoms with Gasteiger partial charge < -0.3 is 4.52 Å². The molecule has 0 saturated heterocycles. The van der Waals surface area contributed by atoms with E-state index in [2.05, 4.69) is 57.1 Å². The van der Waals surface area contributed by atoms with Gasteiger partial charge in [-0.2, -0.15) is 5.26 Å². The highest BCUT2D eigenvalue weighted by molar-refractivity contribution is 7.09. The Morgan fingerprint density at radius 2 is 1.31 bits per heavy atom. The van der Waals surface area contributed by atoms with Gasteiger partial charge in [0.15, 0.2) is 0 Å². The molecule has 0 aromatic heterocycles. The smallest absolute Gasteiger partial charge is 0.0690 e. The summed E-state index contributed by atoms with van der Waals surface area (Å²) in [7, 11) is 2.29. The largest absolute Gasteiger partial charge is 0.366 e. The molecule has 0 aliphatic rings. The summed E-state index contributed by atoms with van der Waals surface area (Å²) in [5, 5.41) is 9.54. The molecule has 0 aliphatic carbocycles. The van der Waals surface area contributed by atoms with Crippen molar-refractivity contribution in [1.82, 2.24) is 0 Å². The summed E-state index contributed by atoms with van der Waals surface area (Å²) in [4.78, 5) is 0. The molecule has 5 atom stereocenters. The van der Waals surface area contributed by atoms with Crippen molar-refractivity contribution in [2.24, 2.45) is 29.1 Å². The molecule has 0 N–H and O–H groups in total. The fraction of sp³-hybridized carbons (Fsp3) is 0.957. The molecule has 0 heterocycles. The van der Waals surface area contributed by atoms with Crippen molar-refractivity contribution in [1.29, 1.82) is 5.26 Å². The predicted octanol–water partition coefficient (Wildman–Crippen LogP) is 7.79. The van der Waals surface area contributed by atoms with Crippen LogP contribution in [0.25, 0.3) is 0 Å². The first-order chi connectivity index (χ1) is 12.2. The van der Waals surface area contributed by atoms with Crippen molar-refractivity contribution in [2.45, 2.75) is 106 Å². The zero-order chi connectivity index (χ0) is 20.0. The van der Waals surface area contributed by atoms with Gasteiger partial charge >= 0.3 is 0 Å². The van der Waals surface area contributed by atoms with Crippen LogP contribution in [0, 0.1) is 40.4 Å². The van der Waals surface area contributed by atoms with Crippen LogP contribution >= 0.6 is 9.47 Å². The molecule has 26 heavy (non-hydrogen) atoms. The maximum absolute atomic E-state index is 9.54. The lowest BCUT2D eigenvalue weighted by atomic mass is 9.74. The normalized spacial score (nSPS) is 17.5. The second-order valence-electron chi connectivity index (χ2n) is 9.45. The monoisotopic (exact) mass is 383 g/mol. The summed E-state index contributed by atoms with van der Waals surface area (Å²) in [5.74, 6) is 2.98. The Balaban J connectivity index is 3.88. The number of nitrogens with zero attached hydrogens (tertiary/aromatic N) is 1. The lowest BCUT2D eigenvalue weighted by molar-refractivity contribution is 0.201. The molecule has 0 amide bonds. The SMILES string of the molecule is CC(C)CCCC(C)CCCC(C)CCCC(C)C(C)(C#N)CCOP. The second kappa shape index (κ2) is 14.9. The van der Waals surface area contributed by atoms with Crippen LogP contribution in [0.5, 0.6) is 0 Å². The summed E-state index contributed by atoms with van der Waals surface area (Å²) >= 11 is 0. The summed E-state index contributed by atoms with van der Waals surface area (Å²) in [5.41, 5.74) is -0.259. The zero-order valence-corrected chi connectivity index (χ0v) is 19.7. The van der Waals surface area contributed by atoms with Crippen molar-refractivity contribution < 1.29 is 4.52 Å². The van der Waals surface area contributed by atoms with Gasteiger partial charge in [-0.15, -0.1) is 0 Å². The minimum Gasteiger partial charge on any atom is -0.366 e. The number of hydrogen-bond donors (Lipinski definition) is 0. The molecule has 0 fully saturated rings. The van der Waals surface area contributed by atoms with E-state index in [0.717, 1.165) is 30.6 Å². The van der Waals surface area contributed by atoms with E-state index in [1.165, 1.54) is 51.4 Å². The van der Waals surface area contributed by atoms with E-state index in [9.17, 15) is 5.26 Å². The van der Waals surface area contributed by atoms with Crippen LogP contribution in [0.15, 0.2) is 0 Å². The molecule has 154 valence electrons. The van der Waals surface area contributed by atoms with Gasteiger partial charge in [0, 0.05) is 9.47 Å². The van der Waals surface area contributed by atoms with Gasteiger partial charge in [0.25, 0.3) is 0 Å². The van der Waals surface area contributed by atoms with Gasteiger partial charge in [-0.1, -0.05) is 86.0 Å². The Morgan fingerprint density at radius 3 is 1.73 bits per heavy atom. The van der Waals surface area contributed by atoms with Crippen LogP contribution in [-0.4, -0.2) is 6.61 Å². The van der Waals surface area contributed by atoms with Gasteiger partial charge in [-0.25, -0.2) is 0 Å². The lowest BCUT2D eigenvalue weighted by Gasteiger charge is -2.29. The van der Waals surface area contributed by atoms with Crippen LogP contribution in [0.2, 0.25) is 0 Å². The van der Waals surface area contributed by atoms with Crippen LogP contribution in [0.3, 0.4) is 0 Å². The Morgan fingerprint density at radius 1 is 0.846 bits per heavy atom. The second-order valence-corrected chi connectivity index (χ2v) is 9.78. The highest BCUT2D eigenvalue weighted by Gasteiger charge is 2.30. The van der Waals surface area contributed by atoms with Crippen molar-refractivity contribution in [3.05, 3.63) is 0 Å². The van der Waals surface area contributed by atoms with E-state index < -0.39 is 0 Å². The molecular weight excluding hydrogens is 337 g/mol. The van der Waals surface area contributed by atoms with Crippen molar-refractivity contribution in [2.75, 3.05) is 6.61 Å². The highest BCUT2D eigenvalue weighted by atomic mass is 31.0. The van der Waals surface area contributed by atoms with Gasteiger partial charge in [-0.3, -0.25) is 0 Å². The molecule has 0 rings (SSSR count). The van der Waals surface area contributed by atoms with Crippen LogP contribution in [0.4, 0.5) is 0 Å². The van der Waals surface area contributed by atoms with Gasteiger partial charge in [0.05, 0.1) is 18.1 Å².